The summed E-state index contributed by atoms with van der Waals surface area (Å²) in [6.45, 7) is 4.01. The molecule has 2 aromatic rings. The van der Waals surface area contributed by atoms with Crippen LogP contribution in [0.3, 0.4) is 0 Å². The summed E-state index contributed by atoms with van der Waals surface area (Å²) >= 11 is 1.48. The highest BCUT2D eigenvalue weighted by Gasteiger charge is 2.26. The van der Waals surface area contributed by atoms with Crippen molar-refractivity contribution in [3.8, 4) is 0 Å². The number of thiazole rings is 1. The second kappa shape index (κ2) is 6.82. The summed E-state index contributed by atoms with van der Waals surface area (Å²) in [5.74, 6) is 0.195. The zero-order valence-electron chi connectivity index (χ0n) is 12.8. The first-order valence-electron chi connectivity index (χ1n) is 7.50. The van der Waals surface area contributed by atoms with E-state index >= 15 is 0 Å². The minimum absolute atomic E-state index is 0.137. The van der Waals surface area contributed by atoms with Crippen LogP contribution in [0.15, 0.2) is 29.0 Å². The normalized spacial score (nSPS) is 14.8. The van der Waals surface area contributed by atoms with Gasteiger partial charge in [0.05, 0.1) is 6.26 Å². The molecule has 0 bridgehead atoms. The largest absolute Gasteiger partial charge is 0.459 e. The number of nitrogens with one attached hydrogen (secondary N) is 1. The number of urea groups is 1. The van der Waals surface area contributed by atoms with E-state index in [1.54, 1.807) is 28.1 Å². The van der Waals surface area contributed by atoms with Crippen molar-refractivity contribution in [1.82, 2.24) is 14.8 Å². The molecule has 1 aliphatic rings. The van der Waals surface area contributed by atoms with E-state index in [4.69, 9.17) is 4.42 Å². The van der Waals surface area contributed by atoms with E-state index in [9.17, 15) is 9.59 Å². The summed E-state index contributed by atoms with van der Waals surface area (Å²) in [4.78, 5) is 33.1. The van der Waals surface area contributed by atoms with Gasteiger partial charge in [-0.25, -0.2) is 9.78 Å². The minimum atomic E-state index is -0.174. The smallest absolute Gasteiger partial charge is 0.323 e. The number of hydrogen-bond donors (Lipinski definition) is 1. The number of rotatable bonds is 3. The third kappa shape index (κ3) is 3.53. The fraction of sp³-hybridized carbons (Fsp3) is 0.400. The first-order chi connectivity index (χ1) is 11.2. The lowest BCUT2D eigenvalue weighted by Crippen LogP contribution is -2.51. The monoisotopic (exact) mass is 334 g/mol. The molecule has 3 heterocycles. The average molecular weight is 334 g/mol. The first kappa shape index (κ1) is 15.5. The van der Waals surface area contributed by atoms with Crippen LogP contribution in [0.2, 0.25) is 0 Å². The lowest BCUT2D eigenvalue weighted by Gasteiger charge is -2.34. The predicted molar refractivity (Wildman–Crippen MR) is 86.7 cm³/mol. The molecule has 1 saturated heterocycles. The molecule has 0 aromatic carbocycles. The van der Waals surface area contributed by atoms with Crippen molar-refractivity contribution in [2.24, 2.45) is 0 Å². The second-order valence-electron chi connectivity index (χ2n) is 5.17. The molecule has 0 atom stereocenters. The number of furan rings is 1. The molecule has 8 heteroatoms. The van der Waals surface area contributed by atoms with Crippen LogP contribution in [0.25, 0.3) is 0 Å². The molecule has 7 nitrogen and oxygen atoms in total. The number of hydrogen-bond acceptors (Lipinski definition) is 5. The van der Waals surface area contributed by atoms with Gasteiger partial charge in [0.25, 0.3) is 5.91 Å². The molecular weight excluding hydrogens is 316 g/mol. The fourth-order valence-electron chi connectivity index (χ4n) is 2.37. The third-order valence-electron chi connectivity index (χ3n) is 3.70. The third-order valence-corrected chi connectivity index (χ3v) is 4.76. The van der Waals surface area contributed by atoms with Crippen LogP contribution >= 0.6 is 11.3 Å². The maximum Gasteiger partial charge on any atom is 0.323 e. The average Bonchev–Trinajstić information content (AvgIpc) is 3.26. The lowest BCUT2D eigenvalue weighted by atomic mass is 10.3. The number of aryl methyl sites for hydroxylation is 1. The van der Waals surface area contributed by atoms with Gasteiger partial charge in [0, 0.05) is 37.3 Å². The number of aromatic nitrogens is 1. The Morgan fingerprint density at radius 1 is 1.30 bits per heavy atom. The molecule has 1 aliphatic heterocycles. The summed E-state index contributed by atoms with van der Waals surface area (Å²) < 4.78 is 5.12. The van der Waals surface area contributed by atoms with Crippen LogP contribution in [0.4, 0.5) is 9.93 Å². The molecule has 3 amide bonds. The number of carbonyl (C=O) groups excluding carboxylic acids is 2. The van der Waals surface area contributed by atoms with Gasteiger partial charge in [-0.1, -0.05) is 6.92 Å². The Balaban J connectivity index is 1.52. The van der Waals surface area contributed by atoms with Gasteiger partial charge in [-0.15, -0.1) is 11.3 Å². The van der Waals surface area contributed by atoms with Crippen molar-refractivity contribution in [2.75, 3.05) is 31.5 Å². The van der Waals surface area contributed by atoms with Crippen molar-refractivity contribution < 1.29 is 14.0 Å². The topological polar surface area (TPSA) is 78.7 Å². The van der Waals surface area contributed by atoms with E-state index in [1.165, 1.54) is 17.6 Å². The Hall–Kier alpha value is -2.35. The quantitative estimate of drug-likeness (QED) is 0.934. The zero-order chi connectivity index (χ0) is 16.2. The van der Waals surface area contributed by atoms with Gasteiger partial charge in [-0.2, -0.15) is 0 Å². The maximum absolute atomic E-state index is 12.2. The van der Waals surface area contributed by atoms with Crippen LogP contribution in [0.1, 0.15) is 22.4 Å². The molecule has 0 saturated carbocycles. The maximum atomic E-state index is 12.2. The molecule has 0 aliphatic carbocycles. The van der Waals surface area contributed by atoms with Crippen LogP contribution in [0.5, 0.6) is 0 Å². The summed E-state index contributed by atoms with van der Waals surface area (Å²) in [5.41, 5.74) is 0. The number of piperazine rings is 1. The van der Waals surface area contributed by atoms with Crippen LogP contribution in [-0.4, -0.2) is 52.9 Å². The van der Waals surface area contributed by atoms with Crippen LogP contribution in [0, 0.1) is 0 Å². The van der Waals surface area contributed by atoms with E-state index in [1.807, 2.05) is 6.92 Å². The summed E-state index contributed by atoms with van der Waals surface area (Å²) in [6, 6.07) is 3.16. The number of carbonyl (C=O) groups is 2. The van der Waals surface area contributed by atoms with Gasteiger partial charge in [0.1, 0.15) is 0 Å². The van der Waals surface area contributed by atoms with E-state index in [0.29, 0.717) is 37.1 Å². The van der Waals surface area contributed by atoms with Crippen molar-refractivity contribution in [2.45, 2.75) is 13.3 Å². The van der Waals surface area contributed by atoms with Crippen molar-refractivity contribution in [3.05, 3.63) is 35.2 Å². The van der Waals surface area contributed by atoms with Gasteiger partial charge in [-0.3, -0.25) is 10.1 Å². The fourth-order valence-corrected chi connectivity index (χ4v) is 3.11. The van der Waals surface area contributed by atoms with Gasteiger partial charge >= 0.3 is 6.03 Å². The molecule has 0 unspecified atom stereocenters. The molecule has 23 heavy (non-hydrogen) atoms. The summed E-state index contributed by atoms with van der Waals surface area (Å²) in [5, 5.41) is 3.42. The summed E-state index contributed by atoms with van der Waals surface area (Å²) in [7, 11) is 0. The van der Waals surface area contributed by atoms with Gasteiger partial charge in [0.15, 0.2) is 10.9 Å². The molecule has 3 rings (SSSR count). The van der Waals surface area contributed by atoms with E-state index in [-0.39, 0.29) is 11.9 Å². The lowest BCUT2D eigenvalue weighted by molar-refractivity contribution is 0.0640. The molecule has 1 N–H and O–H groups in total. The van der Waals surface area contributed by atoms with Crippen molar-refractivity contribution in [1.29, 1.82) is 0 Å². The number of nitrogens with zero attached hydrogens (tertiary/aromatic N) is 3. The first-order valence-corrected chi connectivity index (χ1v) is 8.32. The van der Waals surface area contributed by atoms with Gasteiger partial charge in [0.2, 0.25) is 0 Å². The van der Waals surface area contributed by atoms with Crippen LogP contribution in [-0.2, 0) is 6.42 Å². The van der Waals surface area contributed by atoms with E-state index < -0.39 is 0 Å². The Morgan fingerprint density at radius 2 is 2.04 bits per heavy atom. The Kier molecular flexibility index (Phi) is 4.61. The highest BCUT2D eigenvalue weighted by Crippen LogP contribution is 2.19. The Labute approximate surface area is 137 Å². The molecule has 0 radical (unpaired) electrons. The molecule has 0 spiro atoms. The van der Waals surface area contributed by atoms with E-state index in [0.717, 1.165) is 11.3 Å². The Morgan fingerprint density at radius 3 is 2.65 bits per heavy atom. The van der Waals surface area contributed by atoms with Crippen molar-refractivity contribution >= 4 is 28.4 Å². The molecule has 2 aromatic heterocycles. The SMILES string of the molecule is CCc1cnc(NC(=O)N2CCN(C(=O)c3ccco3)CC2)s1. The summed E-state index contributed by atoms with van der Waals surface area (Å²) in [6.07, 6.45) is 4.16. The predicted octanol–water partition coefficient (Wildman–Crippen LogP) is 2.29. The van der Waals surface area contributed by atoms with Gasteiger partial charge < -0.3 is 14.2 Å². The zero-order valence-corrected chi connectivity index (χ0v) is 13.6. The van der Waals surface area contributed by atoms with E-state index in [2.05, 4.69) is 10.3 Å². The number of anilines is 1. The second-order valence-corrected chi connectivity index (χ2v) is 6.29. The minimum Gasteiger partial charge on any atom is -0.459 e. The van der Waals surface area contributed by atoms with Gasteiger partial charge in [-0.05, 0) is 18.6 Å². The highest BCUT2D eigenvalue weighted by molar-refractivity contribution is 7.15. The van der Waals surface area contributed by atoms with Crippen molar-refractivity contribution in [3.63, 3.8) is 0 Å². The molecular formula is C15H18N4O3S. The standard InChI is InChI=1S/C15H18N4O3S/c1-2-11-10-16-14(23-11)17-15(21)19-7-5-18(6-8-19)13(20)12-4-3-9-22-12/h3-4,9-10H,2,5-8H2,1H3,(H,16,17,21). The highest BCUT2D eigenvalue weighted by atomic mass is 32.1. The van der Waals surface area contributed by atoms with Crippen LogP contribution < -0.4 is 5.32 Å². The molecule has 1 fully saturated rings. The Bertz CT molecular complexity index is 675. The number of amides is 3. The molecule has 122 valence electrons.